The van der Waals surface area contributed by atoms with E-state index in [1.54, 1.807) is 12.3 Å². The van der Waals surface area contributed by atoms with Crippen LogP contribution in [0.25, 0.3) is 0 Å². The van der Waals surface area contributed by atoms with Crippen molar-refractivity contribution in [2.75, 3.05) is 0 Å². The van der Waals surface area contributed by atoms with E-state index in [0.717, 1.165) is 5.56 Å². The molecule has 1 aliphatic heterocycles. The predicted octanol–water partition coefficient (Wildman–Crippen LogP) is 3.55. The monoisotopic (exact) mass is 331 g/mol. The molecule has 1 fully saturated rings. The van der Waals surface area contributed by atoms with Crippen molar-refractivity contribution in [3.63, 3.8) is 0 Å². The van der Waals surface area contributed by atoms with Crippen molar-refractivity contribution in [1.82, 2.24) is 4.98 Å². The molecule has 4 nitrogen and oxygen atoms in total. The third-order valence-electron chi connectivity index (χ3n) is 4.55. The highest BCUT2D eigenvalue weighted by molar-refractivity contribution is 5.94. The Morgan fingerprint density at radius 3 is 2.58 bits per heavy atom. The molecule has 1 aromatic heterocycles. The summed E-state index contributed by atoms with van der Waals surface area (Å²) in [5, 5.41) is 0. The molecule has 124 valence electrons. The van der Waals surface area contributed by atoms with E-state index in [1.165, 1.54) is 12.1 Å². The molecule has 0 amide bonds. The Kier molecular flexibility index (Phi) is 3.13. The second-order valence-corrected chi connectivity index (χ2v) is 6.34. The van der Waals surface area contributed by atoms with Crippen LogP contribution in [0.4, 0.5) is 8.78 Å². The first-order chi connectivity index (χ1) is 11.4. The van der Waals surface area contributed by atoms with Crippen molar-refractivity contribution in [1.29, 1.82) is 0 Å². The second-order valence-electron chi connectivity index (χ2n) is 6.34. The number of carbonyl (C=O) groups is 1. The molecule has 1 aliphatic carbocycles. The van der Waals surface area contributed by atoms with Crippen molar-refractivity contribution in [3.05, 3.63) is 53.3 Å². The van der Waals surface area contributed by atoms with Crippen LogP contribution in [0.1, 0.15) is 29.7 Å². The van der Waals surface area contributed by atoms with Gasteiger partial charge in [0.15, 0.2) is 11.5 Å². The zero-order valence-corrected chi connectivity index (χ0v) is 13.0. The van der Waals surface area contributed by atoms with E-state index in [0.29, 0.717) is 24.1 Å². The maximum absolute atomic E-state index is 13.1. The minimum absolute atomic E-state index is 0.00722. The van der Waals surface area contributed by atoms with E-state index in [2.05, 4.69) is 14.5 Å². The van der Waals surface area contributed by atoms with Crippen molar-refractivity contribution in [2.45, 2.75) is 37.9 Å². The fourth-order valence-corrected chi connectivity index (χ4v) is 3.04. The Bertz CT molecular complexity index is 814. The quantitative estimate of drug-likeness (QED) is 0.859. The number of benzene rings is 1. The molecule has 0 N–H and O–H groups in total. The van der Waals surface area contributed by atoms with E-state index in [9.17, 15) is 13.6 Å². The summed E-state index contributed by atoms with van der Waals surface area (Å²) >= 11 is 0. The number of pyridine rings is 1. The fourth-order valence-electron chi connectivity index (χ4n) is 3.04. The minimum atomic E-state index is -3.65. The number of hydrogen-bond donors (Lipinski definition) is 0. The third kappa shape index (κ3) is 2.52. The van der Waals surface area contributed by atoms with Gasteiger partial charge in [-0.15, -0.1) is 8.78 Å². The van der Waals surface area contributed by atoms with Crippen LogP contribution < -0.4 is 9.47 Å². The lowest BCUT2D eigenvalue weighted by Crippen LogP contribution is -2.26. The highest BCUT2D eigenvalue weighted by Crippen LogP contribution is 2.52. The summed E-state index contributed by atoms with van der Waals surface area (Å²) in [4.78, 5) is 17.0. The standard InChI is InChI=1S/C18H15F2NO3/c1-11-2-4-13(21-10-11)9-16(22)17(6-7-17)12-3-5-14-15(8-12)24-18(19,20)23-14/h2-5,8,10H,6-7,9H2,1H3. The molecule has 24 heavy (non-hydrogen) atoms. The molecular weight excluding hydrogens is 316 g/mol. The normalized spacial score (nSPS) is 19.1. The van der Waals surface area contributed by atoms with Gasteiger partial charge in [0.1, 0.15) is 5.78 Å². The van der Waals surface area contributed by atoms with Gasteiger partial charge < -0.3 is 9.47 Å². The molecule has 0 saturated heterocycles. The van der Waals surface area contributed by atoms with E-state index in [4.69, 9.17) is 0 Å². The average Bonchev–Trinajstić information content (AvgIpc) is 3.27. The number of ketones is 1. The summed E-state index contributed by atoms with van der Waals surface area (Å²) in [6.45, 7) is 1.93. The molecule has 6 heteroatoms. The number of carbonyl (C=O) groups excluding carboxylic acids is 1. The molecule has 1 saturated carbocycles. The van der Waals surface area contributed by atoms with Gasteiger partial charge in [-0.2, -0.15) is 0 Å². The maximum Gasteiger partial charge on any atom is 0.586 e. The topological polar surface area (TPSA) is 48.4 Å². The Balaban J connectivity index is 1.58. The molecule has 2 aliphatic rings. The molecule has 0 atom stereocenters. The molecule has 0 radical (unpaired) electrons. The second kappa shape index (κ2) is 5.00. The van der Waals surface area contributed by atoms with Gasteiger partial charge >= 0.3 is 6.29 Å². The molecule has 4 rings (SSSR count). The van der Waals surface area contributed by atoms with Crippen LogP contribution in [0.5, 0.6) is 11.5 Å². The van der Waals surface area contributed by atoms with Crippen LogP contribution >= 0.6 is 0 Å². The summed E-state index contributed by atoms with van der Waals surface area (Å²) in [6, 6.07) is 8.34. The Labute approximate surface area is 137 Å². The molecule has 0 spiro atoms. The van der Waals surface area contributed by atoms with E-state index in [-0.39, 0.29) is 23.7 Å². The summed E-state index contributed by atoms with van der Waals surface area (Å²) in [7, 11) is 0. The first kappa shape index (κ1) is 15.1. The number of aromatic nitrogens is 1. The van der Waals surface area contributed by atoms with Gasteiger partial charge in [-0.05, 0) is 49.1 Å². The lowest BCUT2D eigenvalue weighted by Gasteiger charge is -2.15. The third-order valence-corrected chi connectivity index (χ3v) is 4.55. The van der Waals surface area contributed by atoms with Crippen LogP contribution in [-0.2, 0) is 16.6 Å². The Morgan fingerprint density at radius 2 is 1.92 bits per heavy atom. The van der Waals surface area contributed by atoms with Gasteiger partial charge in [-0.1, -0.05) is 12.1 Å². The zero-order valence-electron chi connectivity index (χ0n) is 13.0. The van der Waals surface area contributed by atoms with Crippen LogP contribution in [0.3, 0.4) is 0 Å². The van der Waals surface area contributed by atoms with Gasteiger partial charge in [0.05, 0.1) is 5.41 Å². The predicted molar refractivity (Wildman–Crippen MR) is 81.2 cm³/mol. The van der Waals surface area contributed by atoms with Crippen LogP contribution in [-0.4, -0.2) is 17.1 Å². The zero-order chi connectivity index (χ0) is 16.9. The van der Waals surface area contributed by atoms with Gasteiger partial charge in [0, 0.05) is 18.3 Å². The van der Waals surface area contributed by atoms with E-state index in [1.807, 2.05) is 19.1 Å². The maximum atomic E-state index is 13.1. The first-order valence-electron chi connectivity index (χ1n) is 7.73. The molecule has 2 heterocycles. The summed E-state index contributed by atoms with van der Waals surface area (Å²) in [6.07, 6.45) is -0.287. The Hall–Kier alpha value is -2.50. The number of halogens is 2. The summed E-state index contributed by atoms with van der Waals surface area (Å²) < 4.78 is 35.2. The average molecular weight is 331 g/mol. The van der Waals surface area contributed by atoms with E-state index < -0.39 is 11.7 Å². The van der Waals surface area contributed by atoms with Gasteiger partial charge in [-0.25, -0.2) is 0 Å². The molecular formula is C18H15F2NO3. The first-order valence-corrected chi connectivity index (χ1v) is 7.73. The summed E-state index contributed by atoms with van der Waals surface area (Å²) in [5.41, 5.74) is 1.82. The molecule has 1 aromatic carbocycles. The fraction of sp³-hybridized carbons (Fsp3) is 0.333. The summed E-state index contributed by atoms with van der Waals surface area (Å²) in [5.74, 6) is 0.0155. The van der Waals surface area contributed by atoms with Gasteiger partial charge in [-0.3, -0.25) is 9.78 Å². The minimum Gasteiger partial charge on any atom is -0.395 e. The van der Waals surface area contributed by atoms with Crippen LogP contribution in [0, 0.1) is 6.92 Å². The highest BCUT2D eigenvalue weighted by Gasteiger charge is 2.52. The number of rotatable bonds is 4. The lowest BCUT2D eigenvalue weighted by atomic mass is 9.88. The van der Waals surface area contributed by atoms with Crippen molar-refractivity contribution in [2.24, 2.45) is 0 Å². The number of ether oxygens (including phenoxy) is 2. The van der Waals surface area contributed by atoms with Crippen molar-refractivity contribution < 1.29 is 23.0 Å². The smallest absolute Gasteiger partial charge is 0.395 e. The van der Waals surface area contributed by atoms with Gasteiger partial charge in [0.2, 0.25) is 0 Å². The SMILES string of the molecule is Cc1ccc(CC(=O)C2(c3ccc4c(c3)OC(F)(F)O4)CC2)nc1. The number of alkyl halides is 2. The molecule has 0 unspecified atom stereocenters. The highest BCUT2D eigenvalue weighted by atomic mass is 19.3. The molecule has 0 bridgehead atoms. The number of hydrogen-bond acceptors (Lipinski definition) is 4. The number of fused-ring (bicyclic) bond motifs is 1. The van der Waals surface area contributed by atoms with Gasteiger partial charge in [0.25, 0.3) is 0 Å². The molecule has 2 aromatic rings. The van der Waals surface area contributed by atoms with E-state index >= 15 is 0 Å². The number of nitrogens with zero attached hydrogens (tertiary/aromatic N) is 1. The lowest BCUT2D eigenvalue weighted by molar-refractivity contribution is -0.286. The van der Waals surface area contributed by atoms with Crippen LogP contribution in [0.2, 0.25) is 0 Å². The van der Waals surface area contributed by atoms with Crippen molar-refractivity contribution in [3.8, 4) is 11.5 Å². The van der Waals surface area contributed by atoms with Crippen molar-refractivity contribution >= 4 is 5.78 Å². The largest absolute Gasteiger partial charge is 0.586 e. The Morgan fingerprint density at radius 1 is 1.17 bits per heavy atom. The van der Waals surface area contributed by atoms with Crippen LogP contribution in [0.15, 0.2) is 36.5 Å². The number of aryl methyl sites for hydroxylation is 1. The number of Topliss-reactive ketones (excluding diaryl/α,β-unsaturated/α-hetero) is 1.